The number of aryl methyl sites for hydroxylation is 3. The molecule has 2 aromatic heterocycles. The Balaban J connectivity index is 0.00000162. The van der Waals surface area contributed by atoms with E-state index in [0.717, 1.165) is 29.9 Å². The van der Waals surface area contributed by atoms with Gasteiger partial charge in [0.05, 0.1) is 5.69 Å². The Morgan fingerprint density at radius 1 is 1.44 bits per heavy atom. The number of halogens is 1. The zero-order valence-corrected chi connectivity index (χ0v) is 11.3. The van der Waals surface area contributed by atoms with Crippen molar-refractivity contribution < 1.29 is 0 Å². The van der Waals surface area contributed by atoms with Gasteiger partial charge in [-0.3, -0.25) is 0 Å². The average molecular weight is 266 g/mol. The lowest BCUT2D eigenvalue weighted by Crippen LogP contribution is -2.01. The summed E-state index contributed by atoms with van der Waals surface area (Å²) in [5.41, 5.74) is 9.39. The molecular formula is C12H16ClN5. The summed E-state index contributed by atoms with van der Waals surface area (Å²) in [6.07, 6.45) is 1.55. The van der Waals surface area contributed by atoms with Gasteiger partial charge in [-0.2, -0.15) is 10.4 Å². The molecule has 18 heavy (non-hydrogen) atoms. The molecule has 0 spiro atoms. The van der Waals surface area contributed by atoms with E-state index < -0.39 is 0 Å². The van der Waals surface area contributed by atoms with Gasteiger partial charge in [0, 0.05) is 11.4 Å². The van der Waals surface area contributed by atoms with E-state index in [0.29, 0.717) is 17.8 Å². The molecule has 0 amide bonds. The maximum absolute atomic E-state index is 9.21. The van der Waals surface area contributed by atoms with Crippen molar-refractivity contribution in [3.05, 3.63) is 28.7 Å². The molecule has 0 atom stereocenters. The Labute approximate surface area is 112 Å². The first-order valence-corrected chi connectivity index (χ1v) is 5.63. The van der Waals surface area contributed by atoms with Crippen LogP contribution in [0, 0.1) is 25.2 Å². The predicted octanol–water partition coefficient (Wildman–Crippen LogP) is 1.53. The molecule has 96 valence electrons. The highest BCUT2D eigenvalue weighted by Crippen LogP contribution is 2.16. The summed E-state index contributed by atoms with van der Waals surface area (Å²) < 4.78 is 1.73. The second kappa shape index (κ2) is 5.80. The molecule has 0 aliphatic rings. The first kappa shape index (κ1) is 14.4. The normalized spacial score (nSPS) is 10.1. The quantitative estimate of drug-likeness (QED) is 0.913. The summed E-state index contributed by atoms with van der Waals surface area (Å²) in [7, 11) is 0. The molecule has 0 bridgehead atoms. The Morgan fingerprint density at radius 3 is 2.78 bits per heavy atom. The van der Waals surface area contributed by atoms with Gasteiger partial charge in [0.15, 0.2) is 5.65 Å². The molecule has 0 fully saturated rings. The van der Waals surface area contributed by atoms with Crippen LogP contribution in [0.4, 0.5) is 0 Å². The van der Waals surface area contributed by atoms with Gasteiger partial charge in [-0.1, -0.05) is 0 Å². The molecule has 0 aliphatic carbocycles. The van der Waals surface area contributed by atoms with E-state index >= 15 is 0 Å². The molecule has 2 N–H and O–H groups in total. The van der Waals surface area contributed by atoms with Gasteiger partial charge >= 0.3 is 0 Å². The fourth-order valence-corrected chi connectivity index (χ4v) is 1.92. The highest BCUT2D eigenvalue weighted by molar-refractivity contribution is 5.85. The summed E-state index contributed by atoms with van der Waals surface area (Å²) >= 11 is 0. The molecule has 0 saturated heterocycles. The Bertz CT molecular complexity index is 597. The van der Waals surface area contributed by atoms with Gasteiger partial charge in [0.2, 0.25) is 0 Å². The van der Waals surface area contributed by atoms with Crippen molar-refractivity contribution in [3.63, 3.8) is 0 Å². The highest BCUT2D eigenvalue weighted by Gasteiger charge is 2.14. The number of fused-ring (bicyclic) bond motifs is 1. The van der Waals surface area contributed by atoms with Crippen molar-refractivity contribution in [1.29, 1.82) is 5.26 Å². The second-order valence-corrected chi connectivity index (χ2v) is 4.10. The number of nitrogens with two attached hydrogens (primary N) is 1. The number of hydrogen-bond donors (Lipinski definition) is 1. The predicted molar refractivity (Wildman–Crippen MR) is 71.8 cm³/mol. The molecule has 0 aromatic carbocycles. The first-order chi connectivity index (χ1) is 8.17. The van der Waals surface area contributed by atoms with E-state index in [4.69, 9.17) is 5.73 Å². The van der Waals surface area contributed by atoms with Gasteiger partial charge in [-0.25, -0.2) is 9.50 Å². The molecule has 6 heteroatoms. The van der Waals surface area contributed by atoms with Crippen LogP contribution < -0.4 is 5.73 Å². The standard InChI is InChI=1S/C12H15N5.ClH/c1-8-6-9(2)17-12(15-8)10(7-14)11(16-17)4-3-5-13;/h6H,3-5,13H2,1-2H3;1H. The Hall–Kier alpha value is -1.64. The smallest absolute Gasteiger partial charge is 0.173 e. The monoisotopic (exact) mass is 265 g/mol. The second-order valence-electron chi connectivity index (χ2n) is 4.10. The summed E-state index contributed by atoms with van der Waals surface area (Å²) in [5, 5.41) is 13.6. The van der Waals surface area contributed by atoms with Crippen LogP contribution in [0.25, 0.3) is 5.65 Å². The third-order valence-electron chi connectivity index (χ3n) is 2.70. The summed E-state index contributed by atoms with van der Waals surface area (Å²) in [6, 6.07) is 4.15. The summed E-state index contributed by atoms with van der Waals surface area (Å²) in [5.74, 6) is 0. The van der Waals surface area contributed by atoms with Crippen LogP contribution in [-0.2, 0) is 6.42 Å². The van der Waals surface area contributed by atoms with Gasteiger partial charge in [0.25, 0.3) is 0 Å². The van der Waals surface area contributed by atoms with E-state index in [9.17, 15) is 5.26 Å². The van der Waals surface area contributed by atoms with Crippen molar-refractivity contribution in [3.8, 4) is 6.07 Å². The maximum atomic E-state index is 9.21. The van der Waals surface area contributed by atoms with Crippen molar-refractivity contribution in [2.45, 2.75) is 26.7 Å². The highest BCUT2D eigenvalue weighted by atomic mass is 35.5. The fraction of sp³-hybridized carbons (Fsp3) is 0.417. The number of nitriles is 1. The Kier molecular flexibility index (Phi) is 4.65. The van der Waals surface area contributed by atoms with Crippen molar-refractivity contribution in [1.82, 2.24) is 14.6 Å². The van der Waals surface area contributed by atoms with Crippen LogP contribution in [0.2, 0.25) is 0 Å². The van der Waals surface area contributed by atoms with Crippen LogP contribution >= 0.6 is 12.4 Å². The maximum Gasteiger partial charge on any atom is 0.173 e. The zero-order chi connectivity index (χ0) is 12.4. The minimum Gasteiger partial charge on any atom is -0.330 e. The third-order valence-corrected chi connectivity index (χ3v) is 2.70. The third kappa shape index (κ3) is 2.45. The number of hydrogen-bond acceptors (Lipinski definition) is 4. The van der Waals surface area contributed by atoms with Crippen LogP contribution in [0.15, 0.2) is 6.07 Å². The van der Waals surface area contributed by atoms with Gasteiger partial charge < -0.3 is 5.73 Å². The number of aromatic nitrogens is 3. The van der Waals surface area contributed by atoms with Crippen LogP contribution in [0.3, 0.4) is 0 Å². The lowest BCUT2D eigenvalue weighted by Gasteiger charge is -1.99. The largest absolute Gasteiger partial charge is 0.330 e. The molecule has 2 rings (SSSR count). The molecular weight excluding hydrogens is 250 g/mol. The van der Waals surface area contributed by atoms with Gasteiger partial charge in [-0.15, -0.1) is 12.4 Å². The van der Waals surface area contributed by atoms with Crippen LogP contribution in [0.1, 0.15) is 29.1 Å². The molecule has 5 nitrogen and oxygen atoms in total. The molecule has 2 heterocycles. The SMILES string of the molecule is Cc1cc(C)n2nc(CCCN)c(C#N)c2n1.Cl. The number of rotatable bonds is 3. The van der Waals surface area contributed by atoms with Gasteiger partial charge in [0.1, 0.15) is 11.6 Å². The van der Waals surface area contributed by atoms with Crippen molar-refractivity contribution in [2.24, 2.45) is 5.73 Å². The zero-order valence-electron chi connectivity index (χ0n) is 10.5. The minimum atomic E-state index is 0. The summed E-state index contributed by atoms with van der Waals surface area (Å²) in [6.45, 7) is 4.48. The number of nitrogens with zero attached hydrogens (tertiary/aromatic N) is 4. The van der Waals surface area contributed by atoms with E-state index in [1.165, 1.54) is 0 Å². The molecule has 2 aromatic rings. The van der Waals surface area contributed by atoms with E-state index in [1.54, 1.807) is 4.52 Å². The Morgan fingerprint density at radius 2 is 2.17 bits per heavy atom. The lowest BCUT2D eigenvalue weighted by atomic mass is 10.1. The first-order valence-electron chi connectivity index (χ1n) is 5.63. The molecule has 0 radical (unpaired) electrons. The summed E-state index contributed by atoms with van der Waals surface area (Å²) in [4.78, 5) is 4.38. The topological polar surface area (TPSA) is 80.0 Å². The van der Waals surface area contributed by atoms with Crippen molar-refractivity contribution >= 4 is 18.1 Å². The lowest BCUT2D eigenvalue weighted by molar-refractivity contribution is 0.779. The molecule has 0 aliphatic heterocycles. The minimum absolute atomic E-state index is 0. The van der Waals surface area contributed by atoms with Crippen molar-refractivity contribution in [2.75, 3.05) is 6.54 Å². The van der Waals surface area contributed by atoms with E-state index in [-0.39, 0.29) is 12.4 Å². The van der Waals surface area contributed by atoms with E-state index in [2.05, 4.69) is 16.2 Å². The molecule has 0 unspecified atom stereocenters. The average Bonchev–Trinajstić information content (AvgIpc) is 2.64. The van der Waals surface area contributed by atoms with Gasteiger partial charge in [-0.05, 0) is 39.3 Å². The van der Waals surface area contributed by atoms with E-state index in [1.807, 2.05) is 19.9 Å². The van der Waals surface area contributed by atoms with Crippen LogP contribution in [0.5, 0.6) is 0 Å². The van der Waals surface area contributed by atoms with Crippen LogP contribution in [-0.4, -0.2) is 21.1 Å². The fourth-order valence-electron chi connectivity index (χ4n) is 1.92. The molecule has 0 saturated carbocycles.